The second kappa shape index (κ2) is 9.96. The van der Waals surface area contributed by atoms with Crippen LogP contribution in [0.1, 0.15) is 69.9 Å². The van der Waals surface area contributed by atoms with E-state index < -0.39 is 6.10 Å². The van der Waals surface area contributed by atoms with Crippen LogP contribution < -0.4 is 10.6 Å². The minimum absolute atomic E-state index is 0.0138. The van der Waals surface area contributed by atoms with Crippen molar-refractivity contribution in [3.8, 4) is 0 Å². The summed E-state index contributed by atoms with van der Waals surface area (Å²) in [6.45, 7) is 10.7. The van der Waals surface area contributed by atoms with Crippen molar-refractivity contribution in [2.24, 2.45) is 23.2 Å². The molecule has 6 nitrogen and oxygen atoms in total. The number of amides is 1. The molecule has 0 bridgehead atoms. The van der Waals surface area contributed by atoms with Crippen LogP contribution >= 0.6 is 11.3 Å². The number of unbranched alkanes of at least 4 members (excludes halogenated alkanes) is 1. The topological polar surface area (TPSA) is 83.5 Å². The van der Waals surface area contributed by atoms with Crippen LogP contribution in [-0.2, 0) is 16.0 Å². The molecule has 0 aromatic carbocycles. The number of fused-ring (bicyclic) bond motifs is 2. The molecule has 7 heteroatoms. The summed E-state index contributed by atoms with van der Waals surface area (Å²) in [7, 11) is 1.63. The summed E-state index contributed by atoms with van der Waals surface area (Å²) in [5.41, 5.74) is 1.21. The average Bonchev–Trinajstić information content (AvgIpc) is 3.10. The number of aromatic nitrogens is 1. The number of rotatable bonds is 9. The summed E-state index contributed by atoms with van der Waals surface area (Å²) < 4.78 is 5.03. The Hall–Kier alpha value is -1.18. The molecule has 1 heterocycles. The summed E-state index contributed by atoms with van der Waals surface area (Å²) in [6.07, 6.45) is 4.71. The third kappa shape index (κ3) is 4.68. The number of hydrogen-bond donors (Lipinski definition) is 3. The maximum absolute atomic E-state index is 12.6. The highest BCUT2D eigenvalue weighted by Crippen LogP contribution is 2.57. The van der Waals surface area contributed by atoms with Gasteiger partial charge in [-0.25, -0.2) is 4.98 Å². The quantitative estimate of drug-likeness (QED) is 0.512. The highest BCUT2D eigenvalue weighted by molar-refractivity contribution is 7.15. The summed E-state index contributed by atoms with van der Waals surface area (Å²) in [4.78, 5) is 18.9. The van der Waals surface area contributed by atoms with E-state index in [9.17, 15) is 9.90 Å². The van der Waals surface area contributed by atoms with Crippen molar-refractivity contribution in [2.45, 2.75) is 71.8 Å². The van der Waals surface area contributed by atoms with E-state index in [1.807, 2.05) is 6.92 Å². The Morgan fingerprint density at radius 2 is 2.20 bits per heavy atom. The van der Waals surface area contributed by atoms with Gasteiger partial charge in [-0.1, -0.05) is 34.1 Å². The minimum atomic E-state index is -0.492. The number of hydrogen-bond acceptors (Lipinski definition) is 6. The zero-order valence-corrected chi connectivity index (χ0v) is 20.0. The number of carbonyl (C=O) groups is 1. The van der Waals surface area contributed by atoms with Gasteiger partial charge < -0.3 is 20.5 Å². The molecule has 1 aromatic rings. The molecule has 170 valence electrons. The molecule has 3 N–H and O–H groups in total. The molecule has 30 heavy (non-hydrogen) atoms. The first-order valence-corrected chi connectivity index (χ1v) is 12.3. The second-order valence-corrected chi connectivity index (χ2v) is 10.6. The molecular weight excluding hydrogens is 398 g/mol. The average molecular weight is 438 g/mol. The van der Waals surface area contributed by atoms with Gasteiger partial charge in [-0.3, -0.25) is 4.79 Å². The number of methoxy groups -OCH3 is 1. The molecule has 6 atom stereocenters. The fourth-order valence-corrected chi connectivity index (χ4v) is 6.92. The van der Waals surface area contributed by atoms with Gasteiger partial charge in [0.2, 0.25) is 5.91 Å². The molecule has 0 spiro atoms. The number of thiazole rings is 1. The first-order chi connectivity index (χ1) is 14.3. The molecule has 2 aliphatic rings. The number of aliphatic hydroxyl groups excluding tert-OH is 1. The lowest BCUT2D eigenvalue weighted by Crippen LogP contribution is -2.53. The highest BCUT2D eigenvalue weighted by Gasteiger charge is 2.53. The molecule has 3 rings (SSSR count). The predicted molar refractivity (Wildman–Crippen MR) is 122 cm³/mol. The zero-order chi connectivity index (χ0) is 21.9. The van der Waals surface area contributed by atoms with Gasteiger partial charge in [-0.2, -0.15) is 0 Å². The van der Waals surface area contributed by atoms with Crippen molar-refractivity contribution < 1.29 is 14.6 Å². The number of carbonyl (C=O) groups excluding carboxylic acids is 1. The van der Waals surface area contributed by atoms with Crippen LogP contribution in [-0.4, -0.2) is 48.9 Å². The van der Waals surface area contributed by atoms with Gasteiger partial charge in [0.15, 0.2) is 5.13 Å². The third-order valence-electron chi connectivity index (χ3n) is 7.39. The van der Waals surface area contributed by atoms with Gasteiger partial charge >= 0.3 is 0 Å². The molecule has 0 aliphatic heterocycles. The number of nitrogens with zero attached hydrogens (tertiary/aromatic N) is 1. The van der Waals surface area contributed by atoms with E-state index in [1.165, 1.54) is 11.3 Å². The van der Waals surface area contributed by atoms with Crippen LogP contribution in [0.4, 0.5) is 5.13 Å². The summed E-state index contributed by atoms with van der Waals surface area (Å²) in [5, 5.41) is 18.9. The monoisotopic (exact) mass is 437 g/mol. The lowest BCUT2D eigenvalue weighted by molar-refractivity contribution is -0.135. The summed E-state index contributed by atoms with van der Waals surface area (Å²) in [6, 6.07) is 0. The van der Waals surface area contributed by atoms with E-state index in [-0.39, 0.29) is 35.0 Å². The maximum atomic E-state index is 12.6. The van der Waals surface area contributed by atoms with Crippen molar-refractivity contribution in [1.29, 1.82) is 0 Å². The smallest absolute Gasteiger partial charge is 0.223 e. The Bertz CT molecular complexity index is 725. The molecule has 6 unspecified atom stereocenters. The van der Waals surface area contributed by atoms with Crippen molar-refractivity contribution in [3.63, 3.8) is 0 Å². The van der Waals surface area contributed by atoms with Crippen molar-refractivity contribution in [2.75, 3.05) is 32.1 Å². The van der Waals surface area contributed by atoms with Crippen LogP contribution in [0.25, 0.3) is 0 Å². The highest BCUT2D eigenvalue weighted by atomic mass is 32.1. The molecule has 2 aliphatic carbocycles. The number of nitrogens with one attached hydrogen (secondary N) is 2. The first kappa shape index (κ1) is 23.5. The first-order valence-electron chi connectivity index (χ1n) is 11.5. The van der Waals surface area contributed by atoms with Crippen molar-refractivity contribution >= 4 is 22.4 Å². The predicted octanol–water partition coefficient (Wildman–Crippen LogP) is 3.81. The van der Waals surface area contributed by atoms with Gasteiger partial charge in [0.1, 0.15) is 0 Å². The maximum Gasteiger partial charge on any atom is 0.223 e. The van der Waals surface area contributed by atoms with E-state index in [0.29, 0.717) is 13.2 Å². The largest absolute Gasteiger partial charge is 0.392 e. The standard InChI is InChI=1S/C23H39N3O3S/c1-6-7-10-25-22-26-19-15(3)18-20(27)16(14(2)21(28)24-11-12-29-5)8-9-23(18,4)13-17(19)30-22/h14-16,18,20,27H,6-13H2,1-5H3,(H,24,28)(H,25,26). The van der Waals surface area contributed by atoms with Crippen LogP contribution in [0, 0.1) is 23.2 Å². The van der Waals surface area contributed by atoms with Crippen LogP contribution in [0.3, 0.4) is 0 Å². The lowest BCUT2D eigenvalue weighted by atomic mass is 9.53. The van der Waals surface area contributed by atoms with Gasteiger partial charge in [0.05, 0.1) is 18.4 Å². The summed E-state index contributed by atoms with van der Waals surface area (Å²) in [5.74, 6) is 0.105. The molecule has 1 aromatic heterocycles. The molecule has 1 saturated carbocycles. The minimum Gasteiger partial charge on any atom is -0.392 e. The Morgan fingerprint density at radius 1 is 1.43 bits per heavy atom. The van der Waals surface area contributed by atoms with Crippen molar-refractivity contribution in [3.05, 3.63) is 10.6 Å². The van der Waals surface area contributed by atoms with E-state index in [2.05, 4.69) is 31.4 Å². The zero-order valence-electron chi connectivity index (χ0n) is 19.2. The van der Waals surface area contributed by atoms with Crippen molar-refractivity contribution in [1.82, 2.24) is 10.3 Å². The Kier molecular flexibility index (Phi) is 7.80. The van der Waals surface area contributed by atoms with E-state index >= 15 is 0 Å². The Balaban J connectivity index is 1.74. The van der Waals surface area contributed by atoms with E-state index in [0.717, 1.165) is 43.1 Å². The molecular formula is C23H39N3O3S. The third-order valence-corrected chi connectivity index (χ3v) is 8.42. The van der Waals surface area contributed by atoms with Gasteiger partial charge in [-0.05, 0) is 42.9 Å². The molecule has 0 radical (unpaired) electrons. The number of aliphatic hydroxyl groups is 1. The number of anilines is 1. The fraction of sp³-hybridized carbons (Fsp3) is 0.826. The summed E-state index contributed by atoms with van der Waals surface area (Å²) >= 11 is 1.79. The van der Waals surface area contributed by atoms with Gasteiger partial charge in [-0.15, -0.1) is 11.3 Å². The Morgan fingerprint density at radius 3 is 2.90 bits per heavy atom. The molecule has 0 saturated heterocycles. The van der Waals surface area contributed by atoms with E-state index in [1.54, 1.807) is 18.4 Å². The van der Waals surface area contributed by atoms with Crippen LogP contribution in [0.2, 0.25) is 0 Å². The molecule has 1 fully saturated rings. The van der Waals surface area contributed by atoms with Crippen LogP contribution in [0.5, 0.6) is 0 Å². The normalized spacial score (nSPS) is 31.5. The molecule has 1 amide bonds. The fourth-order valence-electron chi connectivity index (χ4n) is 5.63. The van der Waals surface area contributed by atoms with Crippen LogP contribution in [0.15, 0.2) is 0 Å². The lowest BCUT2D eigenvalue weighted by Gasteiger charge is -2.53. The second-order valence-electron chi connectivity index (χ2n) is 9.52. The van der Waals surface area contributed by atoms with Gasteiger partial charge in [0, 0.05) is 36.9 Å². The van der Waals surface area contributed by atoms with Gasteiger partial charge in [0.25, 0.3) is 0 Å². The van der Waals surface area contributed by atoms with E-state index in [4.69, 9.17) is 9.72 Å². The SMILES string of the molecule is CCCCNc1nc2c(s1)CC1(C)CCC(C(C)C(=O)NCCOC)C(O)C1C2C. The number of ether oxygens (including phenoxy) is 1. The Labute approximate surface area is 185 Å².